The van der Waals surface area contributed by atoms with Gasteiger partial charge in [-0.25, -0.2) is 9.78 Å². The van der Waals surface area contributed by atoms with Crippen molar-refractivity contribution in [2.24, 2.45) is 5.10 Å². The standard InChI is InChI=1S/C22H17Cl2N5O3S/c1-22(2,20-26-17(11-33-20)12-6-4-3-5-7-12)18-14(23)8-13(9-15(18)24)28-29-16(10-25)19(30)27-21(31)32/h3-9,11,28H,1-2H3,(H,27,30)(H,31,32). The Morgan fingerprint density at radius 3 is 2.39 bits per heavy atom. The van der Waals surface area contributed by atoms with E-state index in [1.807, 2.05) is 49.6 Å². The van der Waals surface area contributed by atoms with Gasteiger partial charge in [0.15, 0.2) is 0 Å². The minimum Gasteiger partial charge on any atom is -0.465 e. The number of anilines is 1. The molecule has 8 nitrogen and oxygen atoms in total. The molecule has 0 fully saturated rings. The molecule has 0 radical (unpaired) electrons. The number of amides is 2. The van der Waals surface area contributed by atoms with E-state index in [0.717, 1.165) is 16.3 Å². The van der Waals surface area contributed by atoms with Gasteiger partial charge in [-0.3, -0.25) is 15.5 Å². The first-order chi connectivity index (χ1) is 15.6. The lowest BCUT2D eigenvalue weighted by Gasteiger charge is -2.25. The lowest BCUT2D eigenvalue weighted by Crippen LogP contribution is -2.34. The second kappa shape index (κ2) is 10.0. The van der Waals surface area contributed by atoms with Gasteiger partial charge < -0.3 is 5.11 Å². The number of carbonyl (C=O) groups excluding carboxylic acids is 1. The molecule has 2 aromatic carbocycles. The van der Waals surface area contributed by atoms with Crippen LogP contribution in [0.2, 0.25) is 10.0 Å². The number of hydrogen-bond acceptors (Lipinski definition) is 7. The highest BCUT2D eigenvalue weighted by Crippen LogP contribution is 2.43. The van der Waals surface area contributed by atoms with E-state index in [9.17, 15) is 9.59 Å². The van der Waals surface area contributed by atoms with Crippen molar-refractivity contribution >= 4 is 57.9 Å². The average Bonchev–Trinajstić information content (AvgIpc) is 3.25. The van der Waals surface area contributed by atoms with Gasteiger partial charge in [-0.2, -0.15) is 10.4 Å². The van der Waals surface area contributed by atoms with Gasteiger partial charge >= 0.3 is 6.09 Å². The van der Waals surface area contributed by atoms with Gasteiger partial charge in [0, 0.05) is 32.0 Å². The molecule has 0 aliphatic carbocycles. The first-order valence-corrected chi connectivity index (χ1v) is 11.1. The Morgan fingerprint density at radius 1 is 1.18 bits per heavy atom. The largest absolute Gasteiger partial charge is 0.465 e. The fourth-order valence-corrected chi connectivity index (χ4v) is 4.97. The summed E-state index contributed by atoms with van der Waals surface area (Å²) in [6.45, 7) is 3.92. The molecule has 0 spiro atoms. The van der Waals surface area contributed by atoms with Crippen LogP contribution in [0.5, 0.6) is 0 Å². The van der Waals surface area contributed by atoms with Crippen LogP contribution >= 0.6 is 34.5 Å². The monoisotopic (exact) mass is 501 g/mol. The first-order valence-electron chi connectivity index (χ1n) is 9.42. The van der Waals surface area contributed by atoms with E-state index in [-0.39, 0.29) is 0 Å². The molecule has 0 unspecified atom stereocenters. The number of rotatable bonds is 6. The molecule has 3 aromatic rings. The summed E-state index contributed by atoms with van der Waals surface area (Å²) >= 11 is 14.6. The number of benzene rings is 2. The Hall–Kier alpha value is -3.45. The summed E-state index contributed by atoms with van der Waals surface area (Å²) < 4.78 is 0. The number of aromatic nitrogens is 1. The molecule has 1 aromatic heterocycles. The highest BCUT2D eigenvalue weighted by Gasteiger charge is 2.32. The van der Waals surface area contributed by atoms with Gasteiger partial charge in [0.05, 0.1) is 11.4 Å². The van der Waals surface area contributed by atoms with Gasteiger partial charge in [0.25, 0.3) is 5.91 Å². The van der Waals surface area contributed by atoms with Crippen LogP contribution in [-0.4, -0.2) is 27.8 Å². The van der Waals surface area contributed by atoms with Crippen molar-refractivity contribution in [3.63, 3.8) is 0 Å². The third-order valence-corrected chi connectivity index (χ3v) is 6.38. The van der Waals surface area contributed by atoms with Crippen LogP contribution in [0, 0.1) is 11.3 Å². The second-order valence-electron chi connectivity index (χ2n) is 7.29. The smallest absolute Gasteiger partial charge is 0.411 e. The average molecular weight is 502 g/mol. The molecule has 1 heterocycles. The topological polar surface area (TPSA) is 127 Å². The fraction of sp³-hybridized carbons (Fsp3) is 0.136. The van der Waals surface area contributed by atoms with Gasteiger partial charge in [0.1, 0.15) is 11.1 Å². The van der Waals surface area contributed by atoms with Crippen molar-refractivity contribution in [2.45, 2.75) is 19.3 Å². The molecular weight excluding hydrogens is 485 g/mol. The maximum atomic E-state index is 11.6. The normalized spacial score (nSPS) is 11.5. The third kappa shape index (κ3) is 5.49. The third-order valence-electron chi connectivity index (χ3n) is 4.61. The molecule has 0 saturated heterocycles. The number of nitriles is 1. The molecule has 168 valence electrons. The molecule has 0 bridgehead atoms. The minimum atomic E-state index is -1.60. The minimum absolute atomic E-state index is 0.310. The van der Waals surface area contributed by atoms with E-state index in [1.54, 1.807) is 17.4 Å². The van der Waals surface area contributed by atoms with Crippen LogP contribution in [0.25, 0.3) is 11.3 Å². The summed E-state index contributed by atoms with van der Waals surface area (Å²) in [5.74, 6) is -1.16. The van der Waals surface area contributed by atoms with Crippen LogP contribution in [0.3, 0.4) is 0 Å². The Morgan fingerprint density at radius 2 is 1.82 bits per heavy atom. The molecular formula is C22H17Cl2N5O3S. The van der Waals surface area contributed by atoms with Gasteiger partial charge in [0.2, 0.25) is 5.71 Å². The summed E-state index contributed by atoms with van der Waals surface area (Å²) in [5, 5.41) is 26.3. The Labute approximate surface area is 203 Å². The Kier molecular flexibility index (Phi) is 7.33. The molecule has 2 amide bonds. The molecule has 11 heteroatoms. The van der Waals surface area contributed by atoms with E-state index >= 15 is 0 Å². The number of halogens is 2. The number of carbonyl (C=O) groups is 2. The van der Waals surface area contributed by atoms with E-state index in [0.29, 0.717) is 21.3 Å². The van der Waals surface area contributed by atoms with Crippen LogP contribution in [0.1, 0.15) is 24.4 Å². The summed E-state index contributed by atoms with van der Waals surface area (Å²) in [6, 6.07) is 14.4. The zero-order valence-corrected chi connectivity index (χ0v) is 19.7. The van der Waals surface area contributed by atoms with Gasteiger partial charge in [-0.05, 0) is 26.0 Å². The predicted molar refractivity (Wildman–Crippen MR) is 129 cm³/mol. The van der Waals surface area contributed by atoms with Gasteiger partial charge in [-0.15, -0.1) is 11.3 Å². The molecule has 33 heavy (non-hydrogen) atoms. The van der Waals surface area contributed by atoms with Crippen LogP contribution in [-0.2, 0) is 10.2 Å². The van der Waals surface area contributed by atoms with Crippen LogP contribution < -0.4 is 10.7 Å². The number of carboxylic acid groups (broad SMARTS) is 1. The molecule has 0 aliphatic rings. The summed E-state index contributed by atoms with van der Waals surface area (Å²) in [7, 11) is 0. The summed E-state index contributed by atoms with van der Waals surface area (Å²) in [5.41, 5.74) is 4.03. The van der Waals surface area contributed by atoms with Crippen LogP contribution in [0.4, 0.5) is 10.5 Å². The van der Waals surface area contributed by atoms with Crippen molar-refractivity contribution in [1.29, 1.82) is 5.26 Å². The highest BCUT2D eigenvalue weighted by molar-refractivity contribution is 7.10. The van der Waals surface area contributed by atoms with Crippen molar-refractivity contribution in [3.05, 3.63) is 68.5 Å². The van der Waals surface area contributed by atoms with E-state index < -0.39 is 23.1 Å². The van der Waals surface area contributed by atoms with Crippen molar-refractivity contribution in [1.82, 2.24) is 10.3 Å². The number of thiazole rings is 1. The zero-order valence-electron chi connectivity index (χ0n) is 17.4. The molecule has 0 atom stereocenters. The van der Waals surface area contributed by atoms with E-state index in [2.05, 4.69) is 10.5 Å². The maximum absolute atomic E-state index is 11.6. The Bertz CT molecular complexity index is 1260. The highest BCUT2D eigenvalue weighted by atomic mass is 35.5. The maximum Gasteiger partial charge on any atom is 0.411 e. The zero-order chi connectivity index (χ0) is 24.2. The molecule has 0 aliphatic heterocycles. The fourth-order valence-electron chi connectivity index (χ4n) is 3.05. The molecule has 0 saturated carbocycles. The summed E-state index contributed by atoms with van der Waals surface area (Å²) in [4.78, 5) is 27.0. The Balaban J connectivity index is 1.89. The van der Waals surface area contributed by atoms with Gasteiger partial charge in [-0.1, -0.05) is 53.5 Å². The van der Waals surface area contributed by atoms with E-state index in [1.165, 1.54) is 17.4 Å². The first kappa shape index (κ1) is 24.2. The molecule has 3 N–H and O–H groups in total. The number of hydrazone groups is 1. The number of hydrogen-bond donors (Lipinski definition) is 3. The lowest BCUT2D eigenvalue weighted by atomic mass is 9.85. The molecule has 3 rings (SSSR count). The van der Waals surface area contributed by atoms with Crippen molar-refractivity contribution < 1.29 is 14.7 Å². The number of imide groups is 1. The predicted octanol–water partition coefficient (Wildman–Crippen LogP) is 5.53. The lowest BCUT2D eigenvalue weighted by molar-refractivity contribution is -0.114. The van der Waals surface area contributed by atoms with Crippen molar-refractivity contribution in [2.75, 3.05) is 5.43 Å². The van der Waals surface area contributed by atoms with Crippen LogP contribution in [0.15, 0.2) is 52.9 Å². The summed E-state index contributed by atoms with van der Waals surface area (Å²) in [6.07, 6.45) is -1.60. The second-order valence-corrected chi connectivity index (χ2v) is 8.96. The SMILES string of the molecule is CC(C)(c1nc(-c2ccccc2)cs1)c1c(Cl)cc(NN=C(C#N)C(=O)NC(=O)O)cc1Cl. The van der Waals surface area contributed by atoms with Crippen molar-refractivity contribution in [3.8, 4) is 17.3 Å². The number of nitrogens with zero attached hydrogens (tertiary/aromatic N) is 3. The quantitative estimate of drug-likeness (QED) is 0.301. The number of nitrogens with one attached hydrogen (secondary N) is 2. The van der Waals surface area contributed by atoms with E-state index in [4.69, 9.17) is 38.6 Å².